The van der Waals surface area contributed by atoms with Gasteiger partial charge in [-0.3, -0.25) is 10.1 Å². The minimum atomic E-state index is -0.446. The third-order valence-electron chi connectivity index (χ3n) is 3.24. The zero-order chi connectivity index (χ0) is 13.3. The third kappa shape index (κ3) is 2.21. The van der Waals surface area contributed by atoms with Crippen LogP contribution in [0.5, 0.6) is 0 Å². The fraction of sp³-hybridized carbons (Fsp3) is 0.545. The number of aromatic nitrogens is 1. The molecule has 1 saturated heterocycles. The van der Waals surface area contributed by atoms with Gasteiger partial charge in [0, 0.05) is 19.7 Å². The molecule has 0 aromatic carbocycles. The molecule has 7 nitrogen and oxygen atoms in total. The van der Waals surface area contributed by atoms with Gasteiger partial charge in [-0.1, -0.05) is 0 Å². The molecule has 1 aromatic rings. The van der Waals surface area contributed by atoms with Crippen molar-refractivity contribution in [3.05, 3.63) is 22.2 Å². The number of likely N-dealkylation sites (N-methyl/N-ethyl adjacent to an activating group) is 1. The van der Waals surface area contributed by atoms with Crippen molar-refractivity contribution >= 4 is 17.3 Å². The van der Waals surface area contributed by atoms with Gasteiger partial charge >= 0.3 is 5.69 Å². The first-order valence-corrected chi connectivity index (χ1v) is 5.76. The molecule has 2 N–H and O–H groups in total. The van der Waals surface area contributed by atoms with E-state index in [2.05, 4.69) is 4.98 Å². The summed E-state index contributed by atoms with van der Waals surface area (Å²) in [5.41, 5.74) is 5.57. The highest BCUT2D eigenvalue weighted by atomic mass is 16.6. The Hall–Kier alpha value is -1.89. The third-order valence-corrected chi connectivity index (χ3v) is 3.24. The molecule has 0 amide bonds. The Morgan fingerprint density at radius 1 is 1.61 bits per heavy atom. The number of nitrogens with two attached hydrogens (primary N) is 1. The Morgan fingerprint density at radius 2 is 2.33 bits per heavy atom. The fourth-order valence-corrected chi connectivity index (χ4v) is 2.24. The van der Waals surface area contributed by atoms with Crippen molar-refractivity contribution in [1.82, 2.24) is 4.98 Å². The highest BCUT2D eigenvalue weighted by Gasteiger charge is 2.32. The molecular weight excluding hydrogens is 236 g/mol. The monoisotopic (exact) mass is 252 g/mol. The number of nitrogen functional groups attached to an aromatic ring is 1. The van der Waals surface area contributed by atoms with Crippen molar-refractivity contribution in [2.45, 2.75) is 25.5 Å². The van der Waals surface area contributed by atoms with Crippen molar-refractivity contribution in [3.8, 4) is 0 Å². The summed E-state index contributed by atoms with van der Waals surface area (Å²) in [4.78, 5) is 16.4. The second kappa shape index (κ2) is 4.77. The van der Waals surface area contributed by atoms with Crippen LogP contribution in [0.3, 0.4) is 0 Å². The number of hydrogen-bond acceptors (Lipinski definition) is 6. The summed E-state index contributed by atoms with van der Waals surface area (Å²) in [6.07, 6.45) is 0.850. The molecule has 2 rings (SSSR count). The maximum Gasteiger partial charge on any atom is 0.311 e. The van der Waals surface area contributed by atoms with Gasteiger partial charge in [-0.25, -0.2) is 4.98 Å². The Morgan fingerprint density at radius 3 is 2.89 bits per heavy atom. The fourth-order valence-electron chi connectivity index (χ4n) is 2.24. The molecule has 7 heteroatoms. The maximum atomic E-state index is 11.0. The first kappa shape index (κ1) is 12.6. The van der Waals surface area contributed by atoms with E-state index < -0.39 is 4.92 Å². The second-order valence-electron chi connectivity index (χ2n) is 4.38. The summed E-state index contributed by atoms with van der Waals surface area (Å²) in [5, 5.41) is 11.0. The normalized spacial score (nSPS) is 23.0. The summed E-state index contributed by atoms with van der Waals surface area (Å²) < 4.78 is 5.47. The van der Waals surface area contributed by atoms with Crippen LogP contribution in [0.25, 0.3) is 0 Å². The van der Waals surface area contributed by atoms with E-state index in [1.54, 1.807) is 11.9 Å². The lowest BCUT2D eigenvalue weighted by Gasteiger charge is -2.27. The minimum Gasteiger partial charge on any atom is -0.384 e. The number of ether oxygens (including phenoxy) is 1. The van der Waals surface area contributed by atoms with E-state index in [4.69, 9.17) is 10.5 Å². The molecule has 2 heterocycles. The van der Waals surface area contributed by atoms with Gasteiger partial charge in [0.15, 0.2) is 0 Å². The van der Waals surface area contributed by atoms with Crippen molar-refractivity contribution in [1.29, 1.82) is 0 Å². The van der Waals surface area contributed by atoms with Crippen LogP contribution >= 0.6 is 0 Å². The van der Waals surface area contributed by atoms with Crippen LogP contribution in [0.1, 0.15) is 13.3 Å². The van der Waals surface area contributed by atoms with Gasteiger partial charge < -0.3 is 15.4 Å². The molecule has 1 aromatic heterocycles. The molecule has 1 aliphatic rings. The lowest BCUT2D eigenvalue weighted by Crippen LogP contribution is -2.37. The van der Waals surface area contributed by atoms with Crippen LogP contribution in [-0.4, -0.2) is 35.7 Å². The van der Waals surface area contributed by atoms with Crippen LogP contribution in [0.2, 0.25) is 0 Å². The van der Waals surface area contributed by atoms with Gasteiger partial charge in [0.1, 0.15) is 5.82 Å². The molecule has 18 heavy (non-hydrogen) atoms. The van der Waals surface area contributed by atoms with Gasteiger partial charge in [0.25, 0.3) is 0 Å². The number of nitro groups is 1. The average molecular weight is 252 g/mol. The highest BCUT2D eigenvalue weighted by Crippen LogP contribution is 2.30. The van der Waals surface area contributed by atoms with Crippen molar-refractivity contribution in [3.63, 3.8) is 0 Å². The zero-order valence-electron chi connectivity index (χ0n) is 10.4. The summed E-state index contributed by atoms with van der Waals surface area (Å²) >= 11 is 0. The molecule has 2 atom stereocenters. The number of hydrogen-bond donors (Lipinski definition) is 1. The van der Waals surface area contributed by atoms with Crippen molar-refractivity contribution < 1.29 is 9.66 Å². The molecule has 0 aliphatic carbocycles. The van der Waals surface area contributed by atoms with E-state index in [1.165, 1.54) is 12.1 Å². The van der Waals surface area contributed by atoms with E-state index in [-0.39, 0.29) is 23.7 Å². The maximum absolute atomic E-state index is 11.0. The lowest BCUT2D eigenvalue weighted by molar-refractivity contribution is -0.384. The molecule has 0 saturated carbocycles. The molecule has 0 spiro atoms. The molecule has 0 bridgehead atoms. The summed E-state index contributed by atoms with van der Waals surface area (Å²) in [6, 6.07) is 2.90. The van der Waals surface area contributed by atoms with Crippen LogP contribution < -0.4 is 10.6 Å². The van der Waals surface area contributed by atoms with Gasteiger partial charge in [-0.2, -0.15) is 0 Å². The average Bonchev–Trinajstić information content (AvgIpc) is 2.74. The molecule has 2 unspecified atom stereocenters. The summed E-state index contributed by atoms with van der Waals surface area (Å²) in [7, 11) is 1.78. The van der Waals surface area contributed by atoms with Gasteiger partial charge in [-0.05, 0) is 19.4 Å². The Kier molecular flexibility index (Phi) is 3.33. The highest BCUT2D eigenvalue weighted by molar-refractivity contribution is 5.61. The summed E-state index contributed by atoms with van der Waals surface area (Å²) in [6.45, 7) is 2.61. The van der Waals surface area contributed by atoms with Gasteiger partial charge in [0.05, 0.1) is 17.1 Å². The quantitative estimate of drug-likeness (QED) is 0.641. The van der Waals surface area contributed by atoms with E-state index in [1.807, 2.05) is 6.92 Å². The lowest BCUT2D eigenvalue weighted by atomic mass is 10.1. The number of rotatable bonds is 3. The van der Waals surface area contributed by atoms with E-state index in [0.29, 0.717) is 12.4 Å². The Labute approximate surface area is 105 Å². The largest absolute Gasteiger partial charge is 0.384 e. The van der Waals surface area contributed by atoms with Crippen LogP contribution in [-0.2, 0) is 4.74 Å². The van der Waals surface area contributed by atoms with E-state index in [9.17, 15) is 10.1 Å². The van der Waals surface area contributed by atoms with E-state index >= 15 is 0 Å². The number of nitrogens with zero attached hydrogens (tertiary/aromatic N) is 3. The smallest absolute Gasteiger partial charge is 0.311 e. The van der Waals surface area contributed by atoms with Crippen LogP contribution in [0.4, 0.5) is 17.3 Å². The minimum absolute atomic E-state index is 0.0258. The van der Waals surface area contributed by atoms with Crippen molar-refractivity contribution in [2.75, 3.05) is 24.3 Å². The first-order valence-electron chi connectivity index (χ1n) is 5.76. The second-order valence-corrected chi connectivity index (χ2v) is 4.38. The zero-order valence-corrected chi connectivity index (χ0v) is 10.4. The van der Waals surface area contributed by atoms with Gasteiger partial charge in [0.2, 0.25) is 5.82 Å². The predicted molar refractivity (Wildman–Crippen MR) is 67.5 cm³/mol. The van der Waals surface area contributed by atoms with Crippen molar-refractivity contribution in [2.24, 2.45) is 0 Å². The van der Waals surface area contributed by atoms with Crippen LogP contribution in [0, 0.1) is 10.1 Å². The molecule has 0 radical (unpaired) electrons. The Bertz CT molecular complexity index is 466. The summed E-state index contributed by atoms with van der Waals surface area (Å²) in [5.74, 6) is 0.566. The van der Waals surface area contributed by atoms with Crippen LogP contribution in [0.15, 0.2) is 12.1 Å². The molecule has 1 aliphatic heterocycles. The van der Waals surface area contributed by atoms with E-state index in [0.717, 1.165) is 6.42 Å². The topological polar surface area (TPSA) is 94.5 Å². The standard InChI is InChI=1S/C11H16N4O3/c1-7-8(5-6-18-7)14(2)11-9(15(16)17)3-4-10(12)13-11/h3-4,7-8H,5-6H2,1-2H3,(H2,12,13). The molecular formula is C11H16N4O3. The first-order chi connectivity index (χ1) is 8.50. The predicted octanol–water partition coefficient (Wildman–Crippen LogP) is 1.19. The van der Waals surface area contributed by atoms with Gasteiger partial charge in [-0.15, -0.1) is 0 Å². The molecule has 98 valence electrons. The SMILES string of the molecule is CC1OCCC1N(C)c1nc(N)ccc1[N+](=O)[O-]. The number of pyridine rings is 1. The number of anilines is 2. The Balaban J connectivity index is 2.36. The molecule has 1 fully saturated rings.